The first-order chi connectivity index (χ1) is 12.1. The number of benzene rings is 2. The molecule has 1 heterocycles. The van der Waals surface area contributed by atoms with Crippen molar-refractivity contribution in [2.75, 3.05) is 5.32 Å². The highest BCUT2D eigenvalue weighted by atomic mass is 35.5. The van der Waals surface area contributed by atoms with Gasteiger partial charge in [-0.25, -0.2) is 9.37 Å². The molecule has 0 bridgehead atoms. The minimum absolute atomic E-state index is 0.288. The van der Waals surface area contributed by atoms with Crippen LogP contribution in [0.2, 0.25) is 10.0 Å². The molecule has 7 heteroatoms. The van der Waals surface area contributed by atoms with Crippen molar-refractivity contribution in [1.29, 1.82) is 5.26 Å². The molecule has 2 aromatic carbocycles. The average Bonchev–Trinajstić information content (AvgIpc) is 3.09. The van der Waals surface area contributed by atoms with E-state index in [-0.39, 0.29) is 5.69 Å². The van der Waals surface area contributed by atoms with E-state index in [9.17, 15) is 9.65 Å². The second kappa shape index (κ2) is 7.66. The Morgan fingerprint density at radius 1 is 1.20 bits per heavy atom. The third kappa shape index (κ3) is 3.99. The van der Waals surface area contributed by atoms with Gasteiger partial charge in [-0.15, -0.1) is 11.3 Å². The van der Waals surface area contributed by atoms with E-state index < -0.39 is 5.82 Å². The predicted octanol–water partition coefficient (Wildman–Crippen LogP) is 6.23. The molecular formula is C18H10Cl2FN3S. The third-order valence-electron chi connectivity index (χ3n) is 3.32. The molecule has 1 N–H and O–H groups in total. The van der Waals surface area contributed by atoms with E-state index in [4.69, 9.17) is 23.2 Å². The second-order valence-corrected chi connectivity index (χ2v) is 6.63. The van der Waals surface area contributed by atoms with Crippen LogP contribution < -0.4 is 5.32 Å². The molecule has 0 fully saturated rings. The lowest BCUT2D eigenvalue weighted by Gasteiger charge is -2.02. The average molecular weight is 390 g/mol. The normalized spacial score (nSPS) is 11.2. The van der Waals surface area contributed by atoms with Gasteiger partial charge >= 0.3 is 0 Å². The van der Waals surface area contributed by atoms with Gasteiger partial charge in [-0.1, -0.05) is 41.4 Å². The van der Waals surface area contributed by atoms with E-state index >= 15 is 0 Å². The molecule has 0 aliphatic rings. The lowest BCUT2D eigenvalue weighted by Crippen LogP contribution is -1.93. The smallest absolute Gasteiger partial charge is 0.146 e. The van der Waals surface area contributed by atoms with Crippen molar-refractivity contribution in [1.82, 2.24) is 4.98 Å². The van der Waals surface area contributed by atoms with E-state index in [1.54, 1.807) is 36.4 Å². The summed E-state index contributed by atoms with van der Waals surface area (Å²) in [5, 5.41) is 15.4. The number of hydrogen-bond acceptors (Lipinski definition) is 4. The van der Waals surface area contributed by atoms with E-state index in [0.29, 0.717) is 26.3 Å². The number of thiazole rings is 1. The first-order valence-corrected chi connectivity index (χ1v) is 8.74. The van der Waals surface area contributed by atoms with Crippen LogP contribution >= 0.6 is 34.5 Å². The predicted molar refractivity (Wildman–Crippen MR) is 101 cm³/mol. The van der Waals surface area contributed by atoms with Crippen molar-refractivity contribution in [2.24, 2.45) is 0 Å². The fourth-order valence-corrected chi connectivity index (χ4v) is 3.15. The quantitative estimate of drug-likeness (QED) is 0.537. The molecule has 124 valence electrons. The number of allylic oxidation sites excluding steroid dienone is 1. The highest BCUT2D eigenvalue weighted by molar-refractivity contribution is 7.11. The standard InChI is InChI=1S/C18H10Cl2FN3S/c19-13-6-5-11(7-14(13)20)17-10-25-18(24-17)12(8-22)9-23-16-4-2-1-3-15(16)21/h1-7,9-10,23H. The first kappa shape index (κ1) is 17.4. The largest absolute Gasteiger partial charge is 0.358 e. The third-order valence-corrected chi connectivity index (χ3v) is 4.93. The van der Waals surface area contributed by atoms with Gasteiger partial charge in [0, 0.05) is 17.1 Å². The summed E-state index contributed by atoms with van der Waals surface area (Å²) in [6, 6.07) is 13.5. The summed E-state index contributed by atoms with van der Waals surface area (Å²) < 4.78 is 13.6. The second-order valence-electron chi connectivity index (χ2n) is 4.96. The zero-order chi connectivity index (χ0) is 17.8. The van der Waals surface area contributed by atoms with Crippen LogP contribution in [0.4, 0.5) is 10.1 Å². The maximum atomic E-state index is 13.6. The lowest BCUT2D eigenvalue weighted by molar-refractivity contribution is 0.632. The zero-order valence-corrected chi connectivity index (χ0v) is 15.0. The van der Waals surface area contributed by atoms with Gasteiger partial charge in [0.25, 0.3) is 0 Å². The summed E-state index contributed by atoms with van der Waals surface area (Å²) in [7, 11) is 0. The number of hydrogen-bond donors (Lipinski definition) is 1. The topological polar surface area (TPSA) is 48.7 Å². The minimum Gasteiger partial charge on any atom is -0.358 e. The molecule has 1 aromatic heterocycles. The van der Waals surface area contributed by atoms with Crippen molar-refractivity contribution in [2.45, 2.75) is 0 Å². The van der Waals surface area contributed by atoms with Gasteiger partial charge in [-0.2, -0.15) is 5.26 Å². The van der Waals surface area contributed by atoms with Crippen LogP contribution in [0.5, 0.6) is 0 Å². The first-order valence-electron chi connectivity index (χ1n) is 7.11. The number of aromatic nitrogens is 1. The summed E-state index contributed by atoms with van der Waals surface area (Å²) in [5.74, 6) is -0.397. The van der Waals surface area contributed by atoms with Crippen molar-refractivity contribution < 1.29 is 4.39 Å². The summed E-state index contributed by atoms with van der Waals surface area (Å²) in [5.41, 5.74) is 2.08. The molecule has 0 aliphatic carbocycles. The van der Waals surface area contributed by atoms with Crippen molar-refractivity contribution in [3.63, 3.8) is 0 Å². The SMILES string of the molecule is N#CC(=CNc1ccccc1F)c1nc(-c2ccc(Cl)c(Cl)c2)cs1. The molecule has 3 nitrogen and oxygen atoms in total. The van der Waals surface area contributed by atoms with Gasteiger partial charge in [-0.05, 0) is 24.3 Å². The van der Waals surface area contributed by atoms with E-state index in [0.717, 1.165) is 5.56 Å². The molecule has 0 aliphatic heterocycles. The Labute approximate surface area is 158 Å². The van der Waals surface area contributed by atoms with Crippen LogP contribution in [0.25, 0.3) is 16.8 Å². The van der Waals surface area contributed by atoms with Crippen LogP contribution in [-0.2, 0) is 0 Å². The summed E-state index contributed by atoms with van der Waals surface area (Å²) >= 11 is 13.3. The van der Waals surface area contributed by atoms with Gasteiger partial charge in [0.15, 0.2) is 0 Å². The van der Waals surface area contributed by atoms with Gasteiger partial charge < -0.3 is 5.32 Å². The number of nitrogens with zero attached hydrogens (tertiary/aromatic N) is 2. The number of anilines is 1. The van der Waals surface area contributed by atoms with Gasteiger partial charge in [0.1, 0.15) is 22.5 Å². The fourth-order valence-electron chi connectivity index (χ4n) is 2.06. The molecular weight excluding hydrogens is 380 g/mol. The Morgan fingerprint density at radius 2 is 2.00 bits per heavy atom. The van der Waals surface area contributed by atoms with E-state index in [1.165, 1.54) is 23.6 Å². The molecule has 0 amide bonds. The molecule has 0 saturated carbocycles. The Bertz CT molecular complexity index is 992. The fraction of sp³-hybridized carbons (Fsp3) is 0. The Balaban J connectivity index is 1.86. The number of nitrogens with one attached hydrogen (secondary N) is 1. The molecule has 0 atom stereocenters. The van der Waals surface area contributed by atoms with E-state index in [1.807, 2.05) is 5.38 Å². The van der Waals surface area contributed by atoms with Crippen LogP contribution in [0.3, 0.4) is 0 Å². The van der Waals surface area contributed by atoms with Crippen molar-refractivity contribution in [3.05, 3.63) is 74.9 Å². The minimum atomic E-state index is -0.397. The zero-order valence-electron chi connectivity index (χ0n) is 12.6. The Kier molecular flexibility index (Phi) is 5.34. The van der Waals surface area contributed by atoms with Crippen LogP contribution in [-0.4, -0.2) is 4.98 Å². The summed E-state index contributed by atoms with van der Waals surface area (Å²) in [4.78, 5) is 4.45. The molecule has 0 radical (unpaired) electrons. The monoisotopic (exact) mass is 389 g/mol. The Hall–Kier alpha value is -2.39. The Morgan fingerprint density at radius 3 is 2.72 bits per heavy atom. The lowest BCUT2D eigenvalue weighted by atomic mass is 10.2. The van der Waals surface area contributed by atoms with Crippen LogP contribution in [0.15, 0.2) is 54.0 Å². The van der Waals surface area contributed by atoms with Crippen molar-refractivity contribution >= 4 is 45.8 Å². The maximum Gasteiger partial charge on any atom is 0.146 e. The molecule has 0 spiro atoms. The number of halogens is 3. The number of rotatable bonds is 4. The van der Waals surface area contributed by atoms with Gasteiger partial charge in [0.2, 0.25) is 0 Å². The number of nitriles is 1. The molecule has 3 aromatic rings. The molecule has 25 heavy (non-hydrogen) atoms. The summed E-state index contributed by atoms with van der Waals surface area (Å²) in [6.45, 7) is 0. The van der Waals surface area contributed by atoms with E-state index in [2.05, 4.69) is 16.4 Å². The molecule has 3 rings (SSSR count). The van der Waals surface area contributed by atoms with Gasteiger partial charge in [-0.3, -0.25) is 0 Å². The van der Waals surface area contributed by atoms with Crippen LogP contribution in [0, 0.1) is 17.1 Å². The molecule has 0 saturated heterocycles. The molecule has 0 unspecified atom stereocenters. The highest BCUT2D eigenvalue weighted by Gasteiger charge is 2.10. The maximum absolute atomic E-state index is 13.6. The number of para-hydroxylation sites is 1. The van der Waals surface area contributed by atoms with Crippen LogP contribution in [0.1, 0.15) is 5.01 Å². The van der Waals surface area contributed by atoms with Crippen molar-refractivity contribution in [3.8, 4) is 17.3 Å². The summed E-state index contributed by atoms with van der Waals surface area (Å²) in [6.07, 6.45) is 1.44. The van der Waals surface area contributed by atoms with Gasteiger partial charge in [0.05, 0.1) is 21.4 Å². The highest BCUT2D eigenvalue weighted by Crippen LogP contribution is 2.30.